The van der Waals surface area contributed by atoms with E-state index in [-0.39, 0.29) is 17.9 Å². The maximum absolute atomic E-state index is 11.7. The van der Waals surface area contributed by atoms with E-state index in [4.69, 9.17) is 0 Å². The van der Waals surface area contributed by atoms with Crippen molar-refractivity contribution in [2.75, 3.05) is 27.2 Å². The zero-order valence-electron chi connectivity index (χ0n) is 9.38. The molecule has 15 heavy (non-hydrogen) atoms. The Morgan fingerprint density at radius 1 is 1.33 bits per heavy atom. The van der Waals surface area contributed by atoms with E-state index < -0.39 is 0 Å². The van der Waals surface area contributed by atoms with Gasteiger partial charge in [0.25, 0.3) is 0 Å². The molecule has 0 aromatic rings. The van der Waals surface area contributed by atoms with Crippen LogP contribution >= 0.6 is 0 Å². The summed E-state index contributed by atoms with van der Waals surface area (Å²) in [5.74, 6) is -0.0510. The van der Waals surface area contributed by atoms with Crippen molar-refractivity contribution in [1.29, 1.82) is 0 Å². The molecule has 5 heteroatoms. The summed E-state index contributed by atoms with van der Waals surface area (Å²) in [6.45, 7) is 0.992. The van der Waals surface area contributed by atoms with E-state index in [1.54, 1.807) is 19.0 Å². The largest absolute Gasteiger partial charge is 0.357 e. The predicted octanol–water partition coefficient (Wildman–Crippen LogP) is -0.667. The zero-order valence-corrected chi connectivity index (χ0v) is 9.38. The van der Waals surface area contributed by atoms with Crippen molar-refractivity contribution >= 4 is 11.8 Å². The van der Waals surface area contributed by atoms with Crippen LogP contribution in [0, 0.1) is 0 Å². The van der Waals surface area contributed by atoms with Crippen LogP contribution in [0.3, 0.4) is 0 Å². The molecule has 1 rings (SSSR count). The van der Waals surface area contributed by atoms with E-state index >= 15 is 0 Å². The molecule has 1 heterocycles. The number of carbonyl (C=O) groups excluding carboxylic acids is 2. The molecule has 86 valence electrons. The molecule has 0 bridgehead atoms. The summed E-state index contributed by atoms with van der Waals surface area (Å²) in [7, 11) is 3.34. The number of hydrogen-bond donors (Lipinski definition) is 2. The molecule has 1 aliphatic heterocycles. The maximum atomic E-state index is 11.7. The van der Waals surface area contributed by atoms with Crippen LogP contribution < -0.4 is 10.6 Å². The number of amides is 2. The van der Waals surface area contributed by atoms with Crippen molar-refractivity contribution in [2.45, 2.75) is 25.3 Å². The Morgan fingerprint density at radius 3 is 2.67 bits per heavy atom. The van der Waals surface area contributed by atoms with Gasteiger partial charge in [-0.1, -0.05) is 0 Å². The van der Waals surface area contributed by atoms with E-state index in [1.807, 2.05) is 0 Å². The average Bonchev–Trinajstić information content (AvgIpc) is 2.28. The summed E-state index contributed by atoms with van der Waals surface area (Å²) >= 11 is 0. The molecule has 5 nitrogen and oxygen atoms in total. The first kappa shape index (κ1) is 12.0. The first-order valence-corrected chi connectivity index (χ1v) is 5.36. The Balaban J connectivity index is 2.65. The highest BCUT2D eigenvalue weighted by Crippen LogP contribution is 2.16. The SMILES string of the molecule is CNCC(=O)N1CCCCC1C(=O)NC. The lowest BCUT2D eigenvalue weighted by molar-refractivity contribution is -0.141. The number of rotatable bonds is 3. The lowest BCUT2D eigenvalue weighted by atomic mass is 10.0. The summed E-state index contributed by atoms with van der Waals surface area (Å²) in [4.78, 5) is 25.0. The van der Waals surface area contributed by atoms with Gasteiger partial charge in [0, 0.05) is 13.6 Å². The van der Waals surface area contributed by atoms with Gasteiger partial charge in [-0.25, -0.2) is 0 Å². The fourth-order valence-electron chi connectivity index (χ4n) is 1.92. The molecule has 1 fully saturated rings. The third-order valence-electron chi connectivity index (χ3n) is 2.70. The Kier molecular flexibility index (Phi) is 4.55. The van der Waals surface area contributed by atoms with Gasteiger partial charge in [0.15, 0.2) is 0 Å². The minimum atomic E-state index is -0.274. The number of likely N-dealkylation sites (N-methyl/N-ethyl adjacent to an activating group) is 2. The smallest absolute Gasteiger partial charge is 0.242 e. The van der Waals surface area contributed by atoms with Crippen LogP contribution in [0.5, 0.6) is 0 Å². The minimum Gasteiger partial charge on any atom is -0.357 e. The van der Waals surface area contributed by atoms with Gasteiger partial charge < -0.3 is 15.5 Å². The first-order valence-electron chi connectivity index (χ1n) is 5.36. The van der Waals surface area contributed by atoms with Crippen LogP contribution in [0.4, 0.5) is 0 Å². The van der Waals surface area contributed by atoms with E-state index in [0.717, 1.165) is 19.3 Å². The monoisotopic (exact) mass is 213 g/mol. The molecule has 1 aliphatic rings. The molecular formula is C10H19N3O2. The fraction of sp³-hybridized carbons (Fsp3) is 0.800. The van der Waals surface area contributed by atoms with E-state index in [2.05, 4.69) is 10.6 Å². The topological polar surface area (TPSA) is 61.4 Å². The molecule has 1 saturated heterocycles. The number of nitrogens with zero attached hydrogens (tertiary/aromatic N) is 1. The van der Waals surface area contributed by atoms with Crippen LogP contribution in [0.15, 0.2) is 0 Å². The van der Waals surface area contributed by atoms with Gasteiger partial charge in [0.1, 0.15) is 6.04 Å². The second kappa shape index (κ2) is 5.70. The molecule has 0 aromatic heterocycles. The van der Waals surface area contributed by atoms with Gasteiger partial charge >= 0.3 is 0 Å². The Hall–Kier alpha value is -1.10. The van der Waals surface area contributed by atoms with Crippen molar-refractivity contribution in [3.63, 3.8) is 0 Å². The molecule has 1 unspecified atom stereocenters. The lowest BCUT2D eigenvalue weighted by Crippen LogP contribution is -2.53. The second-order valence-corrected chi connectivity index (χ2v) is 3.74. The molecule has 0 spiro atoms. The Labute approximate surface area is 90.2 Å². The number of hydrogen-bond acceptors (Lipinski definition) is 3. The highest BCUT2D eigenvalue weighted by molar-refractivity contribution is 5.88. The molecule has 1 atom stereocenters. The van der Waals surface area contributed by atoms with Crippen LogP contribution in [-0.2, 0) is 9.59 Å². The summed E-state index contributed by atoms with van der Waals surface area (Å²) in [6, 6.07) is -0.274. The van der Waals surface area contributed by atoms with Gasteiger partial charge in [-0.3, -0.25) is 9.59 Å². The normalized spacial score (nSPS) is 21.2. The predicted molar refractivity (Wildman–Crippen MR) is 57.3 cm³/mol. The van der Waals surface area contributed by atoms with Crippen molar-refractivity contribution in [2.24, 2.45) is 0 Å². The quantitative estimate of drug-likeness (QED) is 0.654. The van der Waals surface area contributed by atoms with Gasteiger partial charge in [0.2, 0.25) is 11.8 Å². The molecule has 2 N–H and O–H groups in total. The third-order valence-corrected chi connectivity index (χ3v) is 2.70. The minimum absolute atomic E-state index is 0.00537. The summed E-state index contributed by atoms with van der Waals surface area (Å²) in [5.41, 5.74) is 0. The van der Waals surface area contributed by atoms with Crippen molar-refractivity contribution in [1.82, 2.24) is 15.5 Å². The van der Waals surface area contributed by atoms with Crippen LogP contribution in [0.2, 0.25) is 0 Å². The summed E-state index contributed by atoms with van der Waals surface area (Å²) in [5, 5.41) is 5.43. The van der Waals surface area contributed by atoms with Gasteiger partial charge in [-0.2, -0.15) is 0 Å². The van der Waals surface area contributed by atoms with E-state index in [0.29, 0.717) is 13.1 Å². The number of nitrogens with one attached hydrogen (secondary N) is 2. The number of carbonyl (C=O) groups is 2. The maximum Gasteiger partial charge on any atom is 0.242 e. The Morgan fingerprint density at radius 2 is 2.07 bits per heavy atom. The third kappa shape index (κ3) is 2.92. The van der Waals surface area contributed by atoms with Gasteiger partial charge in [-0.05, 0) is 26.3 Å². The van der Waals surface area contributed by atoms with Gasteiger partial charge in [-0.15, -0.1) is 0 Å². The highest BCUT2D eigenvalue weighted by atomic mass is 16.2. The molecule has 0 radical (unpaired) electrons. The zero-order chi connectivity index (χ0) is 11.3. The lowest BCUT2D eigenvalue weighted by Gasteiger charge is -2.34. The molecular weight excluding hydrogens is 194 g/mol. The summed E-state index contributed by atoms with van der Waals surface area (Å²) < 4.78 is 0. The number of likely N-dealkylation sites (tertiary alicyclic amines) is 1. The highest BCUT2D eigenvalue weighted by Gasteiger charge is 2.30. The molecule has 2 amide bonds. The van der Waals surface area contributed by atoms with Crippen LogP contribution in [0.1, 0.15) is 19.3 Å². The van der Waals surface area contributed by atoms with Crippen LogP contribution in [0.25, 0.3) is 0 Å². The van der Waals surface area contributed by atoms with Crippen LogP contribution in [-0.4, -0.2) is 49.9 Å². The van der Waals surface area contributed by atoms with Crippen molar-refractivity contribution in [3.8, 4) is 0 Å². The number of piperidine rings is 1. The molecule has 0 aromatic carbocycles. The van der Waals surface area contributed by atoms with E-state index in [9.17, 15) is 9.59 Å². The Bertz CT molecular complexity index is 243. The van der Waals surface area contributed by atoms with Crippen molar-refractivity contribution in [3.05, 3.63) is 0 Å². The van der Waals surface area contributed by atoms with Crippen molar-refractivity contribution < 1.29 is 9.59 Å². The molecule has 0 saturated carbocycles. The first-order chi connectivity index (χ1) is 7.20. The second-order valence-electron chi connectivity index (χ2n) is 3.74. The standard InChI is InChI=1S/C10H19N3O2/c1-11-7-9(14)13-6-4-3-5-8(13)10(15)12-2/h8,11H,3-7H2,1-2H3,(H,12,15). The van der Waals surface area contributed by atoms with E-state index in [1.165, 1.54) is 0 Å². The van der Waals surface area contributed by atoms with Gasteiger partial charge in [0.05, 0.1) is 6.54 Å². The summed E-state index contributed by atoms with van der Waals surface area (Å²) in [6.07, 6.45) is 2.78. The average molecular weight is 213 g/mol. The molecule has 0 aliphatic carbocycles. The fourth-order valence-corrected chi connectivity index (χ4v) is 1.92.